The Kier molecular flexibility index (Phi) is 6.10. The summed E-state index contributed by atoms with van der Waals surface area (Å²) >= 11 is 0. The highest BCUT2D eigenvalue weighted by Crippen LogP contribution is 2.24. The number of rotatable bonds is 3. The maximum absolute atomic E-state index is 12.9. The van der Waals surface area contributed by atoms with Gasteiger partial charge in [0.1, 0.15) is 5.60 Å². The molecule has 0 spiro atoms. The van der Waals surface area contributed by atoms with Crippen LogP contribution in [0.5, 0.6) is 0 Å². The molecule has 9 nitrogen and oxygen atoms in total. The van der Waals surface area contributed by atoms with Crippen LogP contribution in [-0.2, 0) is 17.7 Å². The molecule has 2 aromatic rings. The van der Waals surface area contributed by atoms with E-state index in [2.05, 4.69) is 32.4 Å². The van der Waals surface area contributed by atoms with Crippen molar-refractivity contribution >= 4 is 23.4 Å². The van der Waals surface area contributed by atoms with Gasteiger partial charge in [-0.3, -0.25) is 9.89 Å². The molecule has 1 aromatic heterocycles. The maximum Gasteiger partial charge on any atom is 0.410 e. The number of likely N-dealkylation sites (N-methyl/N-ethyl adjacent to an activating group) is 1. The molecule has 2 amide bonds. The molecule has 4 rings (SSSR count). The van der Waals surface area contributed by atoms with E-state index >= 15 is 0 Å². The number of piperazine rings is 1. The topological polar surface area (TPSA) is 93.8 Å². The second kappa shape index (κ2) is 8.82. The molecule has 1 aromatic carbocycles. The summed E-state index contributed by atoms with van der Waals surface area (Å²) in [5.41, 5.74) is 3.25. The van der Waals surface area contributed by atoms with Crippen molar-refractivity contribution in [2.45, 2.75) is 39.3 Å². The van der Waals surface area contributed by atoms with Crippen LogP contribution >= 0.6 is 0 Å². The second-order valence-electron chi connectivity index (χ2n) is 9.47. The minimum atomic E-state index is -0.565. The molecule has 0 radical (unpaired) electrons. The summed E-state index contributed by atoms with van der Waals surface area (Å²) in [7, 11) is 2.14. The van der Waals surface area contributed by atoms with Crippen molar-refractivity contribution in [3.05, 3.63) is 41.2 Å². The van der Waals surface area contributed by atoms with Gasteiger partial charge in [0.05, 0.1) is 6.54 Å². The average Bonchev–Trinajstić information content (AvgIpc) is 3.17. The summed E-state index contributed by atoms with van der Waals surface area (Å²) < 4.78 is 5.48. The number of nitrogens with one attached hydrogen (secondary N) is 2. The molecule has 0 saturated carbocycles. The van der Waals surface area contributed by atoms with Crippen LogP contribution in [0.2, 0.25) is 0 Å². The molecular weight excluding hydrogens is 408 g/mol. The summed E-state index contributed by atoms with van der Waals surface area (Å²) in [6.45, 7) is 10.4. The van der Waals surface area contributed by atoms with Crippen LogP contribution < -0.4 is 10.2 Å². The van der Waals surface area contributed by atoms with Crippen molar-refractivity contribution in [1.29, 1.82) is 0 Å². The van der Waals surface area contributed by atoms with Gasteiger partial charge in [-0.25, -0.2) is 4.79 Å². The molecule has 2 N–H and O–H groups in total. The van der Waals surface area contributed by atoms with E-state index in [1.165, 1.54) is 0 Å². The molecule has 0 aliphatic carbocycles. The Balaban J connectivity index is 1.41. The number of H-pyrrole nitrogens is 1. The number of aromatic nitrogens is 2. The van der Waals surface area contributed by atoms with Crippen LogP contribution in [0, 0.1) is 0 Å². The summed E-state index contributed by atoms with van der Waals surface area (Å²) in [4.78, 5) is 31.7. The van der Waals surface area contributed by atoms with Gasteiger partial charge in [0.25, 0.3) is 5.91 Å². The number of amides is 2. The molecule has 9 heteroatoms. The van der Waals surface area contributed by atoms with E-state index in [9.17, 15) is 9.59 Å². The first-order valence-corrected chi connectivity index (χ1v) is 11.1. The molecule has 0 atom stereocenters. The smallest absolute Gasteiger partial charge is 0.410 e. The lowest BCUT2D eigenvalue weighted by Crippen LogP contribution is -2.44. The number of fused-ring (bicyclic) bond motifs is 1. The molecule has 0 bridgehead atoms. The Morgan fingerprint density at radius 1 is 1.06 bits per heavy atom. The molecule has 3 heterocycles. The summed E-state index contributed by atoms with van der Waals surface area (Å²) in [5, 5.41) is 10.1. The third-order valence-electron chi connectivity index (χ3n) is 5.79. The van der Waals surface area contributed by atoms with Crippen LogP contribution in [0.15, 0.2) is 24.3 Å². The van der Waals surface area contributed by atoms with E-state index in [4.69, 9.17) is 4.74 Å². The van der Waals surface area contributed by atoms with Gasteiger partial charge in [-0.2, -0.15) is 5.10 Å². The van der Waals surface area contributed by atoms with Crippen molar-refractivity contribution in [3.63, 3.8) is 0 Å². The van der Waals surface area contributed by atoms with Crippen LogP contribution in [0.3, 0.4) is 0 Å². The summed E-state index contributed by atoms with van der Waals surface area (Å²) in [6, 6.07) is 7.89. The zero-order valence-corrected chi connectivity index (χ0v) is 19.3. The fourth-order valence-corrected chi connectivity index (χ4v) is 3.98. The van der Waals surface area contributed by atoms with Crippen LogP contribution in [0.1, 0.15) is 42.5 Å². The summed E-state index contributed by atoms with van der Waals surface area (Å²) in [6.07, 6.45) is 0.226. The number of aromatic amines is 1. The standard InChI is InChI=1S/C23H32N6O3/c1-23(2,3)32-22(31)29-10-9-19-18(15-29)20(26-25-19)21(30)24-16-5-7-17(8-6-16)28-13-11-27(4)12-14-28/h5-8H,9-15H2,1-4H3,(H,24,30)(H,25,26). The SMILES string of the molecule is CN1CCN(c2ccc(NC(=O)c3n[nH]c4c3CN(C(=O)OC(C)(C)C)CC4)cc2)CC1. The minimum Gasteiger partial charge on any atom is -0.444 e. The van der Waals surface area contributed by atoms with Gasteiger partial charge in [-0.1, -0.05) is 0 Å². The van der Waals surface area contributed by atoms with E-state index in [0.717, 1.165) is 43.1 Å². The average molecular weight is 441 g/mol. The molecule has 32 heavy (non-hydrogen) atoms. The number of ether oxygens (including phenoxy) is 1. The Hall–Kier alpha value is -3.07. The predicted molar refractivity (Wildman–Crippen MR) is 123 cm³/mol. The lowest BCUT2D eigenvalue weighted by Gasteiger charge is -2.34. The third kappa shape index (κ3) is 5.04. The summed E-state index contributed by atoms with van der Waals surface area (Å²) in [5.74, 6) is -0.291. The Morgan fingerprint density at radius 3 is 2.41 bits per heavy atom. The largest absolute Gasteiger partial charge is 0.444 e. The van der Waals surface area contributed by atoms with Gasteiger partial charge in [0, 0.05) is 61.8 Å². The fraction of sp³-hybridized carbons (Fsp3) is 0.522. The molecule has 0 unspecified atom stereocenters. The van der Waals surface area contributed by atoms with Crippen LogP contribution in [0.25, 0.3) is 0 Å². The Bertz CT molecular complexity index is 971. The quantitative estimate of drug-likeness (QED) is 0.762. The Morgan fingerprint density at radius 2 is 1.75 bits per heavy atom. The van der Waals surface area contributed by atoms with Gasteiger partial charge in [0.15, 0.2) is 5.69 Å². The van der Waals surface area contributed by atoms with E-state index in [1.807, 2.05) is 45.0 Å². The van der Waals surface area contributed by atoms with Gasteiger partial charge in [-0.05, 0) is 52.1 Å². The molecule has 2 aliphatic heterocycles. The van der Waals surface area contributed by atoms with Crippen molar-refractivity contribution in [2.75, 3.05) is 50.0 Å². The van der Waals surface area contributed by atoms with E-state index in [-0.39, 0.29) is 12.0 Å². The molecule has 1 fully saturated rings. The number of carbonyl (C=O) groups is 2. The number of hydrogen-bond acceptors (Lipinski definition) is 6. The molecule has 1 saturated heterocycles. The van der Waals surface area contributed by atoms with Gasteiger partial charge >= 0.3 is 6.09 Å². The van der Waals surface area contributed by atoms with Gasteiger partial charge in [-0.15, -0.1) is 0 Å². The number of benzene rings is 1. The monoisotopic (exact) mass is 440 g/mol. The van der Waals surface area contributed by atoms with E-state index in [0.29, 0.717) is 30.9 Å². The number of carbonyl (C=O) groups excluding carboxylic acids is 2. The number of hydrogen-bond donors (Lipinski definition) is 2. The van der Waals surface area contributed by atoms with Gasteiger partial charge in [0.2, 0.25) is 0 Å². The first kappa shape index (κ1) is 22.1. The van der Waals surface area contributed by atoms with Crippen molar-refractivity contribution in [2.24, 2.45) is 0 Å². The predicted octanol–water partition coefficient (Wildman–Crippen LogP) is 2.71. The molecule has 172 valence electrons. The zero-order valence-electron chi connectivity index (χ0n) is 19.3. The first-order chi connectivity index (χ1) is 15.2. The maximum atomic E-state index is 12.9. The lowest BCUT2D eigenvalue weighted by molar-refractivity contribution is 0.0222. The highest BCUT2D eigenvalue weighted by atomic mass is 16.6. The van der Waals surface area contributed by atoms with E-state index in [1.54, 1.807) is 4.90 Å². The first-order valence-electron chi connectivity index (χ1n) is 11.1. The normalized spacial score (nSPS) is 17.1. The molecule has 2 aliphatic rings. The van der Waals surface area contributed by atoms with Crippen molar-refractivity contribution < 1.29 is 14.3 Å². The second-order valence-corrected chi connectivity index (χ2v) is 9.47. The fourth-order valence-electron chi connectivity index (χ4n) is 3.98. The lowest BCUT2D eigenvalue weighted by atomic mass is 10.1. The molecular formula is C23H32N6O3. The highest BCUT2D eigenvalue weighted by molar-refractivity contribution is 6.04. The number of anilines is 2. The number of nitrogens with zero attached hydrogens (tertiary/aromatic N) is 4. The highest BCUT2D eigenvalue weighted by Gasteiger charge is 2.30. The van der Waals surface area contributed by atoms with Crippen LogP contribution in [-0.4, -0.2) is 77.4 Å². The third-order valence-corrected chi connectivity index (χ3v) is 5.79. The van der Waals surface area contributed by atoms with Crippen molar-refractivity contribution in [3.8, 4) is 0 Å². The van der Waals surface area contributed by atoms with Crippen LogP contribution in [0.4, 0.5) is 16.2 Å². The zero-order chi connectivity index (χ0) is 22.9. The Labute approximate surface area is 188 Å². The van der Waals surface area contributed by atoms with Gasteiger partial charge < -0.3 is 24.8 Å². The van der Waals surface area contributed by atoms with Crippen molar-refractivity contribution in [1.82, 2.24) is 20.0 Å². The van der Waals surface area contributed by atoms with E-state index < -0.39 is 5.60 Å². The minimum absolute atomic E-state index is 0.291.